The van der Waals surface area contributed by atoms with Crippen LogP contribution in [0, 0.1) is 17.3 Å². The van der Waals surface area contributed by atoms with Crippen LogP contribution in [0.3, 0.4) is 0 Å². The number of allylic oxidation sites excluding steroid dienone is 1. The van der Waals surface area contributed by atoms with Crippen LogP contribution in [0.5, 0.6) is 0 Å². The van der Waals surface area contributed by atoms with Gasteiger partial charge < -0.3 is 20.1 Å². The first kappa shape index (κ1) is 24.2. The van der Waals surface area contributed by atoms with E-state index in [4.69, 9.17) is 21.4 Å². The number of carbonyl (C=O) groups is 1. The molecule has 27 heavy (non-hydrogen) atoms. The number of halogens is 1. The first-order chi connectivity index (χ1) is 12.7. The summed E-state index contributed by atoms with van der Waals surface area (Å²) in [4.78, 5) is 10.4. The van der Waals surface area contributed by atoms with Gasteiger partial charge in [-0.15, -0.1) is 11.6 Å². The molecule has 1 rings (SSSR count). The van der Waals surface area contributed by atoms with Crippen molar-refractivity contribution >= 4 is 17.6 Å². The Kier molecular flexibility index (Phi) is 10.6. The highest BCUT2D eigenvalue weighted by atomic mass is 35.5. The second kappa shape index (κ2) is 11.8. The van der Waals surface area contributed by atoms with Crippen molar-refractivity contribution in [3.05, 3.63) is 24.3 Å². The highest BCUT2D eigenvalue weighted by Crippen LogP contribution is 2.40. The van der Waals surface area contributed by atoms with Crippen LogP contribution in [0.1, 0.15) is 52.9 Å². The SMILES string of the molecule is CCCCC(C)(C)[C@H](O)C=C[C@@H]1[C@@H](CC=CCOCC(=O)O)[C@H](Cl)C[C@H]1O. The summed E-state index contributed by atoms with van der Waals surface area (Å²) >= 11 is 6.42. The number of carboxylic acid groups (broad SMARTS) is 1. The lowest BCUT2D eigenvalue weighted by Crippen LogP contribution is -2.28. The zero-order valence-electron chi connectivity index (χ0n) is 16.7. The normalized spacial score (nSPS) is 27.6. The number of aliphatic carboxylic acids is 1. The number of hydrogen-bond acceptors (Lipinski definition) is 4. The zero-order valence-corrected chi connectivity index (χ0v) is 17.4. The summed E-state index contributed by atoms with van der Waals surface area (Å²) in [5.41, 5.74) is -0.201. The topological polar surface area (TPSA) is 87.0 Å². The molecule has 0 radical (unpaired) electrons. The third-order valence-corrected chi connectivity index (χ3v) is 5.88. The molecule has 0 heterocycles. The van der Waals surface area contributed by atoms with Crippen LogP contribution >= 0.6 is 11.6 Å². The lowest BCUT2D eigenvalue weighted by atomic mass is 9.80. The Bertz CT molecular complexity index is 503. The van der Waals surface area contributed by atoms with Crippen molar-refractivity contribution in [2.75, 3.05) is 13.2 Å². The molecule has 1 aliphatic carbocycles. The summed E-state index contributed by atoms with van der Waals surface area (Å²) in [7, 11) is 0. The van der Waals surface area contributed by atoms with E-state index in [-0.39, 0.29) is 35.8 Å². The summed E-state index contributed by atoms with van der Waals surface area (Å²) in [5, 5.41) is 29.3. The van der Waals surface area contributed by atoms with E-state index in [2.05, 4.69) is 20.8 Å². The quantitative estimate of drug-likeness (QED) is 0.263. The van der Waals surface area contributed by atoms with Crippen LogP contribution in [0.15, 0.2) is 24.3 Å². The van der Waals surface area contributed by atoms with Gasteiger partial charge in [0, 0.05) is 11.3 Å². The van der Waals surface area contributed by atoms with Crippen LogP contribution < -0.4 is 0 Å². The second-order valence-electron chi connectivity index (χ2n) is 8.10. The molecule has 1 aliphatic rings. The van der Waals surface area contributed by atoms with Gasteiger partial charge in [0.2, 0.25) is 0 Å². The van der Waals surface area contributed by atoms with Crippen molar-refractivity contribution in [2.45, 2.75) is 70.5 Å². The third kappa shape index (κ3) is 8.34. The van der Waals surface area contributed by atoms with E-state index in [1.165, 1.54) is 0 Å². The van der Waals surface area contributed by atoms with Crippen molar-refractivity contribution in [1.29, 1.82) is 0 Å². The number of ether oxygens (including phenoxy) is 1. The molecule has 0 unspecified atom stereocenters. The molecule has 0 aromatic heterocycles. The van der Waals surface area contributed by atoms with Crippen molar-refractivity contribution in [1.82, 2.24) is 0 Å². The summed E-state index contributed by atoms with van der Waals surface area (Å²) in [6.07, 6.45) is 10.7. The van der Waals surface area contributed by atoms with Crippen molar-refractivity contribution < 1.29 is 24.9 Å². The standard InChI is InChI=1S/C21H35ClO5/c1-4-5-11-21(2,3)19(24)10-9-16-15(17(22)13-18(16)23)8-6-7-12-27-14-20(25)26/h6-7,9-10,15-19,23-24H,4-5,8,11-14H2,1-3H3,(H,25,26)/t15-,16-,17-,18-,19-/m1/s1. The molecular weight excluding hydrogens is 368 g/mol. The van der Waals surface area contributed by atoms with Crippen molar-refractivity contribution in [2.24, 2.45) is 17.3 Å². The predicted octanol–water partition coefficient (Wildman–Crippen LogP) is 3.77. The van der Waals surface area contributed by atoms with Gasteiger partial charge in [-0.3, -0.25) is 0 Å². The highest BCUT2D eigenvalue weighted by Gasteiger charge is 2.39. The number of aliphatic hydroxyl groups excluding tert-OH is 2. The first-order valence-corrected chi connectivity index (χ1v) is 10.3. The molecule has 1 fully saturated rings. The molecule has 5 nitrogen and oxygen atoms in total. The molecule has 0 spiro atoms. The van der Waals surface area contributed by atoms with E-state index in [0.29, 0.717) is 12.8 Å². The minimum atomic E-state index is -0.992. The van der Waals surface area contributed by atoms with Gasteiger partial charge >= 0.3 is 5.97 Å². The Morgan fingerprint density at radius 3 is 2.70 bits per heavy atom. The van der Waals surface area contributed by atoms with Gasteiger partial charge in [-0.05, 0) is 30.6 Å². The van der Waals surface area contributed by atoms with Gasteiger partial charge in [-0.2, -0.15) is 0 Å². The fraction of sp³-hybridized carbons (Fsp3) is 0.762. The van der Waals surface area contributed by atoms with Gasteiger partial charge in [0.25, 0.3) is 0 Å². The maximum atomic E-state index is 10.5. The number of carboxylic acids is 1. The monoisotopic (exact) mass is 402 g/mol. The van der Waals surface area contributed by atoms with E-state index >= 15 is 0 Å². The Hall–Kier alpha value is -0.880. The minimum absolute atomic E-state index is 0.0691. The van der Waals surface area contributed by atoms with E-state index in [1.54, 1.807) is 6.08 Å². The van der Waals surface area contributed by atoms with Gasteiger partial charge in [0.1, 0.15) is 6.61 Å². The molecule has 0 saturated heterocycles. The maximum absolute atomic E-state index is 10.5. The number of rotatable bonds is 12. The molecular formula is C21H35ClO5. The third-order valence-electron chi connectivity index (χ3n) is 5.38. The molecule has 0 bridgehead atoms. The largest absolute Gasteiger partial charge is 0.480 e. The summed E-state index contributed by atoms with van der Waals surface area (Å²) in [6, 6.07) is 0. The lowest BCUT2D eigenvalue weighted by molar-refractivity contribution is -0.141. The van der Waals surface area contributed by atoms with Gasteiger partial charge in [0.05, 0.1) is 18.8 Å². The van der Waals surface area contributed by atoms with Crippen LogP contribution in [0.2, 0.25) is 0 Å². The van der Waals surface area contributed by atoms with Crippen molar-refractivity contribution in [3.63, 3.8) is 0 Å². The van der Waals surface area contributed by atoms with Crippen LogP contribution in [-0.4, -0.2) is 52.1 Å². The maximum Gasteiger partial charge on any atom is 0.329 e. The van der Waals surface area contributed by atoms with E-state index in [9.17, 15) is 15.0 Å². The molecule has 156 valence electrons. The number of hydrogen-bond donors (Lipinski definition) is 3. The van der Waals surface area contributed by atoms with Crippen molar-refractivity contribution in [3.8, 4) is 0 Å². The molecule has 5 atom stereocenters. The molecule has 3 N–H and O–H groups in total. The highest BCUT2D eigenvalue weighted by molar-refractivity contribution is 6.21. The fourth-order valence-corrected chi connectivity index (χ4v) is 3.93. The fourth-order valence-electron chi connectivity index (χ4n) is 3.47. The van der Waals surface area contributed by atoms with Crippen LogP contribution in [0.25, 0.3) is 0 Å². The minimum Gasteiger partial charge on any atom is -0.480 e. The summed E-state index contributed by atoms with van der Waals surface area (Å²) in [5.74, 6) is -1.03. The summed E-state index contributed by atoms with van der Waals surface area (Å²) in [6.45, 7) is 6.18. The Labute approximate surface area is 168 Å². The average molecular weight is 403 g/mol. The molecule has 0 aromatic carbocycles. The Morgan fingerprint density at radius 2 is 2.07 bits per heavy atom. The van der Waals surface area contributed by atoms with E-state index in [0.717, 1.165) is 19.3 Å². The van der Waals surface area contributed by atoms with E-state index in [1.807, 2.05) is 18.2 Å². The number of alkyl halides is 1. The smallest absolute Gasteiger partial charge is 0.329 e. The van der Waals surface area contributed by atoms with E-state index < -0.39 is 18.2 Å². The van der Waals surface area contributed by atoms with Crippen LogP contribution in [0.4, 0.5) is 0 Å². The van der Waals surface area contributed by atoms with Crippen LogP contribution in [-0.2, 0) is 9.53 Å². The lowest BCUT2D eigenvalue weighted by Gasteiger charge is -2.29. The van der Waals surface area contributed by atoms with Gasteiger partial charge in [0.15, 0.2) is 0 Å². The zero-order chi connectivity index (χ0) is 20.4. The first-order valence-electron chi connectivity index (χ1n) is 9.82. The molecule has 6 heteroatoms. The number of aliphatic hydroxyl groups is 2. The number of unbranched alkanes of at least 4 members (excludes halogenated alkanes) is 1. The average Bonchev–Trinajstić information content (AvgIpc) is 2.86. The predicted molar refractivity (Wildman–Crippen MR) is 108 cm³/mol. The Morgan fingerprint density at radius 1 is 1.37 bits per heavy atom. The van der Waals surface area contributed by atoms with Gasteiger partial charge in [-0.1, -0.05) is 57.9 Å². The Balaban J connectivity index is 2.62. The molecule has 0 amide bonds. The second-order valence-corrected chi connectivity index (χ2v) is 8.66. The molecule has 1 saturated carbocycles. The summed E-state index contributed by atoms with van der Waals surface area (Å²) < 4.78 is 4.97. The molecule has 0 aliphatic heterocycles. The van der Waals surface area contributed by atoms with Gasteiger partial charge in [-0.25, -0.2) is 4.79 Å². The molecule has 0 aromatic rings.